The van der Waals surface area contributed by atoms with Crippen molar-refractivity contribution in [3.05, 3.63) is 28.7 Å². The van der Waals surface area contributed by atoms with E-state index in [0.717, 1.165) is 0 Å². The van der Waals surface area contributed by atoms with Crippen molar-refractivity contribution in [2.24, 2.45) is 7.05 Å². The fourth-order valence-corrected chi connectivity index (χ4v) is 1.74. The molecule has 0 saturated heterocycles. The Bertz CT molecular complexity index is 629. The van der Waals surface area contributed by atoms with Crippen LogP contribution in [-0.2, 0) is 11.8 Å². The first kappa shape index (κ1) is 11.7. The predicted molar refractivity (Wildman–Crippen MR) is 65.6 cm³/mol. The largest absolute Gasteiger partial charge is 0.419 e. The highest BCUT2D eigenvalue weighted by Crippen LogP contribution is 2.20. The quantitative estimate of drug-likeness (QED) is 0.760. The number of fused-ring (bicyclic) bond motifs is 1. The maximum absolute atomic E-state index is 11.4. The van der Waals surface area contributed by atoms with Crippen molar-refractivity contribution in [3.8, 4) is 0 Å². The number of rotatable bonds is 2. The number of aromatic nitrogens is 1. The molecule has 0 aliphatic carbocycles. The van der Waals surface area contributed by atoms with Gasteiger partial charge in [0.1, 0.15) is 5.88 Å². The Balaban J connectivity index is 2.54. The molecular weight excluding hydrogens is 244 g/mol. The zero-order chi connectivity index (χ0) is 12.6. The molecular formula is C11H11ClN2O3. The van der Waals surface area contributed by atoms with Crippen LogP contribution < -0.4 is 10.7 Å². The summed E-state index contributed by atoms with van der Waals surface area (Å²) in [7, 11) is 3.24. The molecule has 0 fully saturated rings. The number of nitrogens with zero attached hydrogens (tertiary/aromatic N) is 2. The molecule has 0 aliphatic heterocycles. The highest BCUT2D eigenvalue weighted by atomic mass is 35.5. The number of anilines is 1. The van der Waals surface area contributed by atoms with Crippen LogP contribution in [0, 0.1) is 0 Å². The van der Waals surface area contributed by atoms with E-state index in [1.807, 2.05) is 0 Å². The fraction of sp³-hybridized carbons (Fsp3) is 0.273. The molecule has 0 unspecified atom stereocenters. The van der Waals surface area contributed by atoms with Gasteiger partial charge in [-0.15, -0.1) is 11.6 Å². The Kier molecular flexibility index (Phi) is 2.93. The lowest BCUT2D eigenvalue weighted by Crippen LogP contribution is -2.27. The first-order valence-corrected chi connectivity index (χ1v) is 5.50. The second kappa shape index (κ2) is 4.25. The van der Waals surface area contributed by atoms with Crippen molar-refractivity contribution < 1.29 is 9.21 Å². The number of amides is 1. The molecule has 90 valence electrons. The van der Waals surface area contributed by atoms with Crippen LogP contribution in [-0.4, -0.2) is 23.4 Å². The highest BCUT2D eigenvalue weighted by Gasteiger charge is 2.12. The summed E-state index contributed by atoms with van der Waals surface area (Å²) in [5.74, 6) is -0.721. The number of benzene rings is 1. The molecule has 5 nitrogen and oxygen atoms in total. The third kappa shape index (κ3) is 1.93. The fourth-order valence-electron chi connectivity index (χ4n) is 1.56. The van der Waals surface area contributed by atoms with Crippen molar-refractivity contribution >= 4 is 34.3 Å². The van der Waals surface area contributed by atoms with Crippen molar-refractivity contribution in [2.75, 3.05) is 17.8 Å². The van der Waals surface area contributed by atoms with Gasteiger partial charge >= 0.3 is 5.76 Å². The lowest BCUT2D eigenvalue weighted by Gasteiger charge is -2.15. The number of aryl methyl sites for hydroxylation is 1. The van der Waals surface area contributed by atoms with Crippen LogP contribution in [0.4, 0.5) is 5.69 Å². The summed E-state index contributed by atoms with van der Waals surface area (Å²) in [5.41, 5.74) is 1.80. The zero-order valence-electron chi connectivity index (χ0n) is 9.44. The van der Waals surface area contributed by atoms with Gasteiger partial charge in [-0.3, -0.25) is 9.36 Å². The third-order valence-corrected chi connectivity index (χ3v) is 2.88. The molecule has 0 atom stereocenters. The SMILES string of the molecule is CN(C(=O)CCl)c1ccc2oc(=O)n(C)c2c1. The molecule has 2 rings (SSSR count). The number of alkyl halides is 1. The first-order valence-electron chi connectivity index (χ1n) is 4.96. The second-order valence-corrected chi connectivity index (χ2v) is 3.93. The lowest BCUT2D eigenvalue weighted by molar-refractivity contribution is -0.116. The average Bonchev–Trinajstić information content (AvgIpc) is 2.63. The van der Waals surface area contributed by atoms with Gasteiger partial charge in [0.05, 0.1) is 5.52 Å². The van der Waals surface area contributed by atoms with Crippen molar-refractivity contribution in [1.29, 1.82) is 0 Å². The van der Waals surface area contributed by atoms with Crippen LogP contribution >= 0.6 is 11.6 Å². The van der Waals surface area contributed by atoms with Gasteiger partial charge in [-0.1, -0.05) is 0 Å². The van der Waals surface area contributed by atoms with Gasteiger partial charge in [0.2, 0.25) is 5.91 Å². The van der Waals surface area contributed by atoms with Crippen LogP contribution in [0.1, 0.15) is 0 Å². The first-order chi connectivity index (χ1) is 8.04. The molecule has 1 amide bonds. The van der Waals surface area contributed by atoms with Crippen LogP contribution in [0.5, 0.6) is 0 Å². The number of hydrogen-bond acceptors (Lipinski definition) is 3. The molecule has 0 N–H and O–H groups in total. The van der Waals surface area contributed by atoms with E-state index in [1.54, 1.807) is 32.3 Å². The Morgan fingerprint density at radius 2 is 2.24 bits per heavy atom. The number of oxazole rings is 1. The molecule has 1 aromatic heterocycles. The van der Waals surface area contributed by atoms with E-state index < -0.39 is 5.76 Å². The summed E-state index contributed by atoms with van der Waals surface area (Å²) < 4.78 is 6.38. The van der Waals surface area contributed by atoms with Crippen molar-refractivity contribution in [2.45, 2.75) is 0 Å². The van der Waals surface area contributed by atoms with E-state index >= 15 is 0 Å². The van der Waals surface area contributed by atoms with Crippen LogP contribution in [0.3, 0.4) is 0 Å². The van der Waals surface area contributed by atoms with Crippen molar-refractivity contribution in [3.63, 3.8) is 0 Å². The lowest BCUT2D eigenvalue weighted by atomic mass is 10.2. The molecule has 0 aliphatic rings. The van der Waals surface area contributed by atoms with Crippen molar-refractivity contribution in [1.82, 2.24) is 4.57 Å². The smallest absolute Gasteiger partial charge is 0.408 e. The Hall–Kier alpha value is -1.75. The van der Waals surface area contributed by atoms with E-state index in [9.17, 15) is 9.59 Å². The standard InChI is InChI=1S/C11H11ClN2O3/c1-13(10(15)6-12)7-3-4-9-8(5-7)14(2)11(16)17-9/h3-5H,6H2,1-2H3. The van der Waals surface area contributed by atoms with Gasteiger partial charge in [0.25, 0.3) is 0 Å². The molecule has 1 heterocycles. The zero-order valence-corrected chi connectivity index (χ0v) is 10.2. The molecule has 0 saturated carbocycles. The monoisotopic (exact) mass is 254 g/mol. The number of halogens is 1. The Morgan fingerprint density at radius 3 is 2.88 bits per heavy atom. The number of carbonyl (C=O) groups is 1. The maximum atomic E-state index is 11.4. The van der Waals surface area contributed by atoms with Gasteiger partial charge in [-0.2, -0.15) is 0 Å². The molecule has 6 heteroatoms. The van der Waals surface area contributed by atoms with Gasteiger partial charge in [0, 0.05) is 19.8 Å². The normalized spacial score (nSPS) is 10.8. The number of hydrogen-bond donors (Lipinski definition) is 0. The molecule has 17 heavy (non-hydrogen) atoms. The summed E-state index contributed by atoms with van der Waals surface area (Å²) in [5, 5.41) is 0. The summed E-state index contributed by atoms with van der Waals surface area (Å²) in [6.07, 6.45) is 0. The molecule has 1 aromatic carbocycles. The van der Waals surface area contributed by atoms with Gasteiger partial charge in [-0.05, 0) is 18.2 Å². The third-order valence-electron chi connectivity index (χ3n) is 2.65. The Morgan fingerprint density at radius 1 is 1.53 bits per heavy atom. The average molecular weight is 255 g/mol. The minimum Gasteiger partial charge on any atom is -0.408 e. The summed E-state index contributed by atoms with van der Waals surface area (Å²) in [6.45, 7) is 0. The molecule has 2 aromatic rings. The highest BCUT2D eigenvalue weighted by molar-refractivity contribution is 6.29. The second-order valence-electron chi connectivity index (χ2n) is 3.67. The molecule has 0 bridgehead atoms. The van der Waals surface area contributed by atoms with E-state index in [0.29, 0.717) is 16.8 Å². The van der Waals surface area contributed by atoms with Gasteiger partial charge in [-0.25, -0.2) is 4.79 Å². The topological polar surface area (TPSA) is 55.5 Å². The van der Waals surface area contributed by atoms with E-state index in [-0.39, 0.29) is 11.8 Å². The summed E-state index contributed by atoms with van der Waals surface area (Å²) in [4.78, 5) is 24.2. The van der Waals surface area contributed by atoms with Gasteiger partial charge in [0.15, 0.2) is 5.58 Å². The van der Waals surface area contributed by atoms with E-state index in [2.05, 4.69) is 0 Å². The van der Waals surface area contributed by atoms with Crippen LogP contribution in [0.15, 0.2) is 27.4 Å². The van der Waals surface area contributed by atoms with E-state index in [4.69, 9.17) is 16.0 Å². The number of carbonyl (C=O) groups excluding carboxylic acids is 1. The van der Waals surface area contributed by atoms with Crippen LogP contribution in [0.25, 0.3) is 11.1 Å². The maximum Gasteiger partial charge on any atom is 0.419 e. The van der Waals surface area contributed by atoms with Gasteiger partial charge < -0.3 is 9.32 Å². The Labute approximate surface area is 102 Å². The minimum atomic E-state index is -0.427. The molecule has 0 spiro atoms. The minimum absolute atomic E-state index is 0.0845. The molecule has 0 radical (unpaired) electrons. The van der Waals surface area contributed by atoms with E-state index in [1.165, 1.54) is 9.47 Å². The summed E-state index contributed by atoms with van der Waals surface area (Å²) >= 11 is 5.49. The van der Waals surface area contributed by atoms with Crippen LogP contribution in [0.2, 0.25) is 0 Å². The predicted octanol–water partition coefficient (Wildman–Crippen LogP) is 1.33. The summed E-state index contributed by atoms with van der Waals surface area (Å²) in [6, 6.07) is 5.07.